The van der Waals surface area contributed by atoms with Crippen molar-refractivity contribution in [3.05, 3.63) is 0 Å². The highest BCUT2D eigenvalue weighted by Crippen LogP contribution is 2.28. The van der Waals surface area contributed by atoms with Gasteiger partial charge < -0.3 is 16.0 Å². The molecule has 0 spiro atoms. The Bertz CT molecular complexity index is 859. The number of primary amides is 1. The topological polar surface area (TPSA) is 135 Å². The molecule has 1 aliphatic carbocycles. The molecule has 5 unspecified atom stereocenters. The highest BCUT2D eigenvalue weighted by Gasteiger charge is 2.45. The molecule has 10 nitrogen and oxygen atoms in total. The van der Waals surface area contributed by atoms with Crippen molar-refractivity contribution in [1.29, 1.82) is 0 Å². The van der Waals surface area contributed by atoms with Crippen molar-refractivity contribution in [2.45, 2.75) is 94.1 Å². The fourth-order valence-electron chi connectivity index (χ4n) is 7.66. The Hall–Kier alpha value is -0.820. The highest BCUT2D eigenvalue weighted by molar-refractivity contribution is 7.91. The smallest absolute Gasteiger partial charge is 0.220 e. The molecule has 11 heteroatoms. The minimum absolute atomic E-state index is 0.0375. The number of amides is 1. The summed E-state index contributed by atoms with van der Waals surface area (Å²) in [5, 5.41) is 6.15. The summed E-state index contributed by atoms with van der Waals surface area (Å²) in [4.78, 5) is 21.9. The lowest BCUT2D eigenvalue weighted by atomic mass is 9.88. The molecule has 1 amide bonds. The quantitative estimate of drug-likeness (QED) is 0.256. The average Bonchev–Trinajstić information content (AvgIpc) is 3.54. The first-order chi connectivity index (χ1) is 17.3. The van der Waals surface area contributed by atoms with Crippen LogP contribution in [0.1, 0.15) is 64.2 Å². The van der Waals surface area contributed by atoms with Crippen LogP contribution in [-0.2, 0) is 19.5 Å². The van der Waals surface area contributed by atoms with Gasteiger partial charge in [0.25, 0.3) is 0 Å². The zero-order valence-electron chi connectivity index (χ0n) is 21.9. The third-order valence-electron chi connectivity index (χ3n) is 9.91. The molecule has 4 saturated heterocycles. The summed E-state index contributed by atoms with van der Waals surface area (Å²) < 4.78 is 23.8. The molecule has 0 aromatic carbocycles. The Morgan fingerprint density at radius 2 is 1.86 bits per heavy atom. The Labute approximate surface area is 216 Å². The molecule has 4 heterocycles. The molecule has 206 valence electrons. The van der Waals surface area contributed by atoms with Crippen molar-refractivity contribution < 1.29 is 28.3 Å². The van der Waals surface area contributed by atoms with Gasteiger partial charge in [0.15, 0.2) is 6.23 Å². The van der Waals surface area contributed by atoms with Crippen molar-refractivity contribution >= 4 is 15.7 Å². The van der Waals surface area contributed by atoms with Crippen LogP contribution in [-0.4, -0.2) is 88.1 Å². The van der Waals surface area contributed by atoms with E-state index in [1.165, 1.54) is 32.1 Å². The molecule has 36 heavy (non-hydrogen) atoms. The lowest BCUT2D eigenvalue weighted by Gasteiger charge is -2.39. The third kappa shape index (κ3) is 6.24. The maximum Gasteiger partial charge on any atom is 0.220 e. The van der Waals surface area contributed by atoms with Gasteiger partial charge in [0, 0.05) is 62.8 Å². The van der Waals surface area contributed by atoms with Crippen LogP contribution in [0.2, 0.25) is 0 Å². The fourth-order valence-corrected chi connectivity index (χ4v) is 8.79. The number of sulfone groups is 1. The number of carbonyl (C=O) groups is 1. The number of piperidine rings is 2. The Morgan fingerprint density at radius 1 is 1.11 bits per heavy atom. The Morgan fingerprint density at radius 3 is 2.56 bits per heavy atom. The van der Waals surface area contributed by atoms with Crippen LogP contribution < -0.4 is 26.7 Å². The van der Waals surface area contributed by atoms with Crippen LogP contribution >= 0.6 is 0 Å². The molecule has 1 saturated carbocycles. The third-order valence-corrected chi connectivity index (χ3v) is 11.6. The molecular weight excluding hydrogens is 480 g/mol. The molecule has 5 fully saturated rings. The predicted molar refractivity (Wildman–Crippen MR) is 136 cm³/mol. The maximum absolute atomic E-state index is 11.9. The van der Waals surface area contributed by atoms with E-state index in [0.29, 0.717) is 24.0 Å². The van der Waals surface area contributed by atoms with Crippen molar-refractivity contribution in [1.82, 2.24) is 15.7 Å². The monoisotopic (exact) mass is 528 g/mol. The van der Waals surface area contributed by atoms with E-state index in [9.17, 15) is 13.2 Å². The number of hydrogen-bond acceptors (Lipinski definition) is 7. The zero-order valence-corrected chi connectivity index (χ0v) is 22.7. The number of quaternary nitrogens is 2. The first kappa shape index (κ1) is 26.8. The van der Waals surface area contributed by atoms with Crippen molar-refractivity contribution in [3.63, 3.8) is 0 Å². The van der Waals surface area contributed by atoms with Crippen LogP contribution in [0.25, 0.3) is 0 Å². The van der Waals surface area contributed by atoms with Gasteiger partial charge in [0.1, 0.15) is 22.0 Å². The summed E-state index contributed by atoms with van der Waals surface area (Å²) >= 11 is 0. The van der Waals surface area contributed by atoms with Crippen LogP contribution in [0.15, 0.2) is 0 Å². The molecule has 0 aromatic heterocycles. The van der Waals surface area contributed by atoms with E-state index in [2.05, 4.69) is 21.0 Å². The van der Waals surface area contributed by atoms with Crippen LogP contribution in [0, 0.1) is 17.8 Å². The summed E-state index contributed by atoms with van der Waals surface area (Å²) in [5.74, 6) is 1.04. The van der Waals surface area contributed by atoms with Gasteiger partial charge in [-0.05, 0) is 38.5 Å². The lowest BCUT2D eigenvalue weighted by Crippen LogP contribution is -3.15. The van der Waals surface area contributed by atoms with Gasteiger partial charge in [0.05, 0.1) is 31.0 Å². The van der Waals surface area contributed by atoms with E-state index in [1.807, 2.05) is 0 Å². The number of rotatable bonds is 7. The van der Waals surface area contributed by atoms with Crippen molar-refractivity contribution in [3.8, 4) is 0 Å². The number of nitrogens with one attached hydrogen (secondary N) is 3. The summed E-state index contributed by atoms with van der Waals surface area (Å²) in [7, 11) is -2.90. The molecule has 0 aromatic rings. The summed E-state index contributed by atoms with van der Waals surface area (Å²) in [6, 6.07) is 0.453. The van der Waals surface area contributed by atoms with Gasteiger partial charge in [-0.3, -0.25) is 19.8 Å². The Balaban J connectivity index is 1.09. The number of hydrogen-bond donors (Lipinski definition) is 5. The van der Waals surface area contributed by atoms with Crippen molar-refractivity contribution in [2.24, 2.45) is 23.5 Å². The van der Waals surface area contributed by atoms with E-state index in [-0.39, 0.29) is 29.5 Å². The molecule has 0 bridgehead atoms. The number of nitrogens with two attached hydrogens (primary N) is 2. The maximum atomic E-state index is 11.9. The molecule has 7 N–H and O–H groups in total. The minimum Gasteiger partial charge on any atom is -0.369 e. The first-order valence-electron chi connectivity index (χ1n) is 14.4. The van der Waals surface area contributed by atoms with Crippen LogP contribution in [0.4, 0.5) is 0 Å². The number of nitrogens with zero attached hydrogens (tertiary/aromatic N) is 1. The zero-order chi connectivity index (χ0) is 25.3. The summed E-state index contributed by atoms with van der Waals surface area (Å²) in [6.07, 6.45) is 12.2. The van der Waals surface area contributed by atoms with Gasteiger partial charge in [-0.25, -0.2) is 8.42 Å². The molecule has 0 radical (unpaired) electrons. The van der Waals surface area contributed by atoms with E-state index in [0.717, 1.165) is 71.1 Å². The Kier molecular flexibility index (Phi) is 8.56. The second kappa shape index (κ2) is 11.5. The molecule has 5 aliphatic rings. The molecular formula is C25H48N6O4S+2. The van der Waals surface area contributed by atoms with E-state index in [4.69, 9.17) is 10.6 Å². The number of hydroxylamine groups is 1. The standard InChI is InChI=1S/C25H46N6O4S/c1-36(33,34)20-6-4-17(5-7-20)16-31-12-2-3-21(31)25-28-24(29-35-25)19-8-11-27-22(15-19)30-13-9-18(10-14-30)23(26)32/h17-22,24-25,27-29H,2-16H2,1H3,(H2,26,32)/p+2/t17?,19?,20?,21-,22?,24?,25?/m0/s1. The van der Waals surface area contributed by atoms with Crippen molar-refractivity contribution in [2.75, 3.05) is 39.0 Å². The summed E-state index contributed by atoms with van der Waals surface area (Å²) in [6.45, 7) is 5.35. The van der Waals surface area contributed by atoms with Gasteiger partial charge in [-0.2, -0.15) is 5.48 Å². The van der Waals surface area contributed by atoms with E-state index >= 15 is 0 Å². The largest absolute Gasteiger partial charge is 0.369 e. The lowest BCUT2D eigenvalue weighted by molar-refractivity contribution is -0.919. The highest BCUT2D eigenvalue weighted by atomic mass is 32.2. The summed E-state index contributed by atoms with van der Waals surface area (Å²) in [5.41, 5.74) is 8.88. The number of likely N-dealkylation sites (tertiary alicyclic amines) is 2. The average molecular weight is 529 g/mol. The molecule has 4 aliphatic heterocycles. The number of carbonyl (C=O) groups excluding carboxylic acids is 1. The normalized spacial score (nSPS) is 41.5. The van der Waals surface area contributed by atoms with Gasteiger partial charge in [-0.1, -0.05) is 0 Å². The van der Waals surface area contributed by atoms with Gasteiger partial charge in [0.2, 0.25) is 5.91 Å². The van der Waals surface area contributed by atoms with Gasteiger partial charge in [-0.15, -0.1) is 0 Å². The SMILES string of the molecule is CS(=O)(=O)C1CCC(C[NH+]2CCC[C@H]2C2NC(C3CC[NH2+]C(N4CCC(C(N)=O)CC4)C3)NO2)CC1. The second-order valence-corrected chi connectivity index (χ2v) is 14.5. The second-order valence-electron chi connectivity index (χ2n) is 12.2. The van der Waals surface area contributed by atoms with Crippen LogP contribution in [0.5, 0.6) is 0 Å². The fraction of sp³-hybridized carbons (Fsp3) is 0.960. The minimum atomic E-state index is -2.90. The first-order valence-corrected chi connectivity index (χ1v) is 16.3. The van der Waals surface area contributed by atoms with Gasteiger partial charge >= 0.3 is 0 Å². The molecule has 5 rings (SSSR count). The predicted octanol–water partition coefficient (Wildman–Crippen LogP) is -2.09. The van der Waals surface area contributed by atoms with Crippen LogP contribution in [0.3, 0.4) is 0 Å². The van der Waals surface area contributed by atoms with E-state index < -0.39 is 9.84 Å². The molecule has 6 atom stereocenters. The van der Waals surface area contributed by atoms with E-state index in [1.54, 1.807) is 4.90 Å².